The molecule has 1 aromatic rings. The molecule has 0 saturated carbocycles. The van der Waals surface area contributed by atoms with E-state index in [4.69, 9.17) is 24.3 Å². The zero-order valence-electron chi connectivity index (χ0n) is 14.7. The van der Waals surface area contributed by atoms with Crippen LogP contribution < -0.4 is 10.1 Å². The van der Waals surface area contributed by atoms with Crippen LogP contribution in [0.5, 0.6) is 5.75 Å². The molecule has 0 saturated heterocycles. The molecule has 154 valence electrons. The molecule has 0 heterocycles. The van der Waals surface area contributed by atoms with E-state index >= 15 is 0 Å². The van der Waals surface area contributed by atoms with Crippen molar-refractivity contribution in [3.63, 3.8) is 0 Å². The van der Waals surface area contributed by atoms with Gasteiger partial charge in [-0.15, -0.1) is 0 Å². The fourth-order valence-corrected chi connectivity index (χ4v) is 5.54. The SMILES string of the molecule is COc1ccc(CSCCCCCCNC(P(=O)(O)O)P(=O)(O)O)cc1.[NaH].[NaH]. The van der Waals surface area contributed by atoms with E-state index in [9.17, 15) is 9.13 Å². The molecular weight excluding hydrogens is 446 g/mol. The molecule has 1 aromatic carbocycles. The van der Waals surface area contributed by atoms with Crippen molar-refractivity contribution >= 4 is 86.1 Å². The van der Waals surface area contributed by atoms with E-state index in [-0.39, 0.29) is 65.7 Å². The van der Waals surface area contributed by atoms with Crippen molar-refractivity contribution < 1.29 is 33.4 Å². The first-order valence-corrected chi connectivity index (χ1v) is 12.7. The summed E-state index contributed by atoms with van der Waals surface area (Å²) < 4.78 is 27.3. The minimum absolute atomic E-state index is 0. The third-order valence-electron chi connectivity index (χ3n) is 3.61. The van der Waals surface area contributed by atoms with Crippen LogP contribution in [0, 0.1) is 0 Å². The topological polar surface area (TPSA) is 136 Å². The standard InChI is InChI=1S/C15H27NO7P2S.2Na.2H/c1-23-14-8-6-13(7-9-14)12-26-11-5-3-2-4-10-16-15(24(17,18)19)25(20,21)22;;;;/h6-9,15-16H,2-5,10-12H2,1H3,(H2,17,18,19)(H2,20,21,22);;;;. The van der Waals surface area contributed by atoms with Crippen LogP contribution in [-0.2, 0) is 14.9 Å². The quantitative estimate of drug-likeness (QED) is 0.163. The number of thioether (sulfide) groups is 1. The van der Waals surface area contributed by atoms with E-state index < -0.39 is 20.7 Å². The van der Waals surface area contributed by atoms with Crippen molar-refractivity contribution in [3.05, 3.63) is 29.8 Å². The molecule has 0 amide bonds. The van der Waals surface area contributed by atoms with E-state index in [0.717, 1.165) is 36.5 Å². The second-order valence-electron chi connectivity index (χ2n) is 5.82. The van der Waals surface area contributed by atoms with Crippen LogP contribution in [0.25, 0.3) is 0 Å². The second-order valence-corrected chi connectivity index (χ2v) is 10.7. The second kappa shape index (κ2) is 16.3. The van der Waals surface area contributed by atoms with E-state index in [0.29, 0.717) is 6.42 Å². The normalized spacial score (nSPS) is 11.6. The number of benzene rings is 1. The summed E-state index contributed by atoms with van der Waals surface area (Å²) in [5, 5.41) is 2.29. The summed E-state index contributed by atoms with van der Waals surface area (Å²) in [4.78, 5) is 35.9. The fraction of sp³-hybridized carbons (Fsp3) is 0.600. The molecule has 0 bridgehead atoms. The third-order valence-corrected chi connectivity index (χ3v) is 8.17. The summed E-state index contributed by atoms with van der Waals surface area (Å²) in [7, 11) is -8.14. The van der Waals surface area contributed by atoms with Crippen LogP contribution in [0.3, 0.4) is 0 Å². The molecule has 0 radical (unpaired) electrons. The Morgan fingerprint density at radius 2 is 1.50 bits per heavy atom. The summed E-state index contributed by atoms with van der Waals surface area (Å²) in [6.07, 6.45) is 3.39. The predicted molar refractivity (Wildman–Crippen MR) is 118 cm³/mol. The van der Waals surface area contributed by atoms with Gasteiger partial charge < -0.3 is 24.3 Å². The first-order valence-electron chi connectivity index (χ1n) is 8.19. The molecule has 0 fully saturated rings. The van der Waals surface area contributed by atoms with Crippen LogP contribution in [0.2, 0.25) is 0 Å². The summed E-state index contributed by atoms with van der Waals surface area (Å²) in [5.41, 5.74) is -0.879. The third kappa shape index (κ3) is 13.8. The van der Waals surface area contributed by atoms with E-state index in [1.165, 1.54) is 5.56 Å². The van der Waals surface area contributed by atoms with Crippen LogP contribution in [0.4, 0.5) is 0 Å². The van der Waals surface area contributed by atoms with Gasteiger partial charge in [-0.3, -0.25) is 14.4 Å². The monoisotopic (exact) mass is 475 g/mol. The van der Waals surface area contributed by atoms with Crippen molar-refractivity contribution in [2.24, 2.45) is 0 Å². The maximum atomic E-state index is 11.1. The predicted octanol–water partition coefficient (Wildman–Crippen LogP) is 1.42. The van der Waals surface area contributed by atoms with Gasteiger partial charge in [-0.2, -0.15) is 11.8 Å². The maximum absolute atomic E-state index is 11.1. The van der Waals surface area contributed by atoms with Crippen LogP contribution >= 0.6 is 27.0 Å². The van der Waals surface area contributed by atoms with Crippen LogP contribution in [-0.4, -0.2) is 104 Å². The molecule has 0 aromatic heterocycles. The van der Waals surface area contributed by atoms with Gasteiger partial charge in [0.25, 0.3) is 0 Å². The van der Waals surface area contributed by atoms with E-state index in [1.807, 2.05) is 36.0 Å². The van der Waals surface area contributed by atoms with Crippen LogP contribution in [0.1, 0.15) is 31.2 Å². The Morgan fingerprint density at radius 1 is 0.964 bits per heavy atom. The van der Waals surface area contributed by atoms with Gasteiger partial charge in [-0.25, -0.2) is 0 Å². The van der Waals surface area contributed by atoms with Gasteiger partial charge in [0.1, 0.15) is 5.75 Å². The molecule has 0 atom stereocenters. The Kier molecular flexibility index (Phi) is 18.5. The molecule has 0 unspecified atom stereocenters. The van der Waals surface area contributed by atoms with Crippen molar-refractivity contribution in [2.45, 2.75) is 37.0 Å². The number of nitrogens with one attached hydrogen (secondary N) is 1. The Bertz CT molecular complexity index is 605. The number of ether oxygens (including phenoxy) is 1. The van der Waals surface area contributed by atoms with Gasteiger partial charge in [0.2, 0.25) is 5.52 Å². The summed E-state index contributed by atoms with van der Waals surface area (Å²) in [6, 6.07) is 7.95. The van der Waals surface area contributed by atoms with Gasteiger partial charge in [0.05, 0.1) is 7.11 Å². The van der Waals surface area contributed by atoms with Gasteiger partial charge in [0, 0.05) is 5.75 Å². The zero-order chi connectivity index (χ0) is 19.6. The zero-order valence-corrected chi connectivity index (χ0v) is 17.3. The van der Waals surface area contributed by atoms with Gasteiger partial charge >= 0.3 is 74.3 Å². The van der Waals surface area contributed by atoms with Crippen molar-refractivity contribution in [1.29, 1.82) is 0 Å². The molecular formula is C15H29NNa2O7P2S. The molecule has 5 N–H and O–H groups in total. The minimum atomic E-state index is -4.89. The Balaban J connectivity index is 0. The van der Waals surface area contributed by atoms with E-state index in [1.54, 1.807) is 7.11 Å². The van der Waals surface area contributed by atoms with Crippen molar-refractivity contribution in [2.75, 3.05) is 19.4 Å². The molecule has 0 aliphatic carbocycles. The van der Waals surface area contributed by atoms with Crippen molar-refractivity contribution in [3.8, 4) is 5.75 Å². The number of hydrogen-bond donors (Lipinski definition) is 5. The summed E-state index contributed by atoms with van der Waals surface area (Å²) >= 11 is 1.83. The first-order chi connectivity index (χ1) is 12.1. The summed E-state index contributed by atoms with van der Waals surface area (Å²) in [5.74, 6) is 2.78. The van der Waals surface area contributed by atoms with E-state index in [2.05, 4.69) is 5.32 Å². The average molecular weight is 475 g/mol. The fourth-order valence-electron chi connectivity index (χ4n) is 2.26. The number of unbranched alkanes of at least 4 members (excludes halogenated alkanes) is 3. The molecule has 0 spiro atoms. The molecule has 0 aliphatic rings. The van der Waals surface area contributed by atoms with Gasteiger partial charge in [-0.05, 0) is 42.8 Å². The molecule has 8 nitrogen and oxygen atoms in total. The Morgan fingerprint density at radius 3 is 2.00 bits per heavy atom. The molecule has 13 heteroatoms. The van der Waals surface area contributed by atoms with Crippen LogP contribution in [0.15, 0.2) is 24.3 Å². The number of hydrogen-bond acceptors (Lipinski definition) is 5. The van der Waals surface area contributed by atoms with Crippen molar-refractivity contribution in [1.82, 2.24) is 5.32 Å². The molecule has 0 aliphatic heterocycles. The number of rotatable bonds is 13. The molecule has 1 rings (SSSR count). The average Bonchev–Trinajstić information content (AvgIpc) is 2.54. The first kappa shape index (κ1) is 31.8. The van der Waals surface area contributed by atoms with Gasteiger partial charge in [-0.1, -0.05) is 25.0 Å². The van der Waals surface area contributed by atoms with Gasteiger partial charge in [0.15, 0.2) is 0 Å². The number of methoxy groups -OCH3 is 1. The Labute approximate surface area is 214 Å². The summed E-state index contributed by atoms with van der Waals surface area (Å²) in [6.45, 7) is 0.153. The Hall–Kier alpha value is 1.63. The molecule has 28 heavy (non-hydrogen) atoms.